The lowest BCUT2D eigenvalue weighted by molar-refractivity contribution is -0.137. The highest BCUT2D eigenvalue weighted by Crippen LogP contribution is 2.32. The van der Waals surface area contributed by atoms with Gasteiger partial charge in [0.25, 0.3) is 5.89 Å². The highest BCUT2D eigenvalue weighted by Gasteiger charge is 2.34. The maximum Gasteiger partial charge on any atom is 0.416 e. The van der Waals surface area contributed by atoms with E-state index >= 15 is 0 Å². The molecule has 1 aromatic heterocycles. The smallest absolute Gasteiger partial charge is 0.416 e. The second kappa shape index (κ2) is 8.64. The molecule has 1 unspecified atom stereocenters. The third-order valence-corrected chi connectivity index (χ3v) is 5.15. The van der Waals surface area contributed by atoms with Crippen LogP contribution in [0.4, 0.5) is 13.2 Å². The first-order valence-corrected chi connectivity index (χ1v) is 10.2. The Morgan fingerprint density at radius 2 is 1.81 bits per heavy atom. The number of likely N-dealkylation sites (tertiary alicyclic amines) is 1. The van der Waals surface area contributed by atoms with Gasteiger partial charge in [-0.25, -0.2) is 0 Å². The van der Waals surface area contributed by atoms with E-state index in [9.17, 15) is 18.0 Å². The van der Waals surface area contributed by atoms with E-state index in [0.717, 1.165) is 23.4 Å². The first-order chi connectivity index (χ1) is 15.2. The van der Waals surface area contributed by atoms with Crippen molar-refractivity contribution in [2.24, 2.45) is 0 Å². The van der Waals surface area contributed by atoms with Gasteiger partial charge < -0.3 is 14.2 Å². The summed E-state index contributed by atoms with van der Waals surface area (Å²) in [7, 11) is 0. The molecule has 0 radical (unpaired) electrons. The highest BCUT2D eigenvalue weighted by atomic mass is 19.4. The van der Waals surface area contributed by atoms with E-state index in [1.165, 1.54) is 12.1 Å². The molecule has 0 N–H and O–H groups in total. The summed E-state index contributed by atoms with van der Waals surface area (Å²) in [6, 6.07) is 12.1. The Labute approximate surface area is 183 Å². The van der Waals surface area contributed by atoms with Gasteiger partial charge in [-0.15, -0.1) is 0 Å². The van der Waals surface area contributed by atoms with Gasteiger partial charge in [0.05, 0.1) is 11.7 Å². The fourth-order valence-corrected chi connectivity index (χ4v) is 3.58. The van der Waals surface area contributed by atoms with E-state index < -0.39 is 11.7 Å². The molecule has 1 amide bonds. The van der Waals surface area contributed by atoms with E-state index in [1.807, 2.05) is 38.1 Å². The molecule has 0 saturated carbocycles. The molecule has 1 aliphatic heterocycles. The molecule has 9 heteroatoms. The molecule has 6 nitrogen and oxygen atoms in total. The summed E-state index contributed by atoms with van der Waals surface area (Å²) < 4.78 is 49.1. The first-order valence-electron chi connectivity index (χ1n) is 10.2. The molecule has 1 saturated heterocycles. The van der Waals surface area contributed by atoms with E-state index in [1.54, 1.807) is 4.90 Å². The monoisotopic (exact) mass is 445 g/mol. The number of carbonyl (C=O) groups is 1. The number of aromatic nitrogens is 2. The van der Waals surface area contributed by atoms with Crippen molar-refractivity contribution < 1.29 is 27.2 Å². The molecule has 1 atom stereocenters. The summed E-state index contributed by atoms with van der Waals surface area (Å²) in [6.45, 7) is 4.81. The first kappa shape index (κ1) is 21.9. The van der Waals surface area contributed by atoms with Gasteiger partial charge in [-0.2, -0.15) is 18.2 Å². The Morgan fingerprint density at radius 3 is 2.44 bits per heavy atom. The zero-order valence-electron chi connectivity index (χ0n) is 17.6. The number of carbonyl (C=O) groups excluding carboxylic acids is 1. The number of nitrogens with zero attached hydrogens (tertiary/aromatic N) is 3. The van der Waals surface area contributed by atoms with Gasteiger partial charge in [0, 0.05) is 31.0 Å². The summed E-state index contributed by atoms with van der Waals surface area (Å²) in [5, 5.41) is 3.96. The largest absolute Gasteiger partial charge is 0.491 e. The van der Waals surface area contributed by atoms with Crippen LogP contribution < -0.4 is 4.74 Å². The zero-order valence-corrected chi connectivity index (χ0v) is 17.6. The Kier molecular flexibility index (Phi) is 5.90. The van der Waals surface area contributed by atoms with Crippen LogP contribution in [0.15, 0.2) is 53.1 Å². The van der Waals surface area contributed by atoms with Crippen LogP contribution >= 0.6 is 0 Å². The lowest BCUT2D eigenvalue weighted by atomic mass is 10.1. The van der Waals surface area contributed by atoms with Crippen molar-refractivity contribution in [3.8, 4) is 17.2 Å². The Bertz CT molecular complexity index is 1080. The lowest BCUT2D eigenvalue weighted by Crippen LogP contribution is -2.24. The van der Waals surface area contributed by atoms with E-state index in [0.29, 0.717) is 24.5 Å². The maximum atomic E-state index is 12.7. The van der Waals surface area contributed by atoms with Gasteiger partial charge in [0.1, 0.15) is 5.75 Å². The maximum absolute atomic E-state index is 12.7. The Balaban J connectivity index is 1.41. The van der Waals surface area contributed by atoms with Crippen LogP contribution in [-0.4, -0.2) is 33.6 Å². The molecule has 0 spiro atoms. The zero-order chi connectivity index (χ0) is 22.9. The van der Waals surface area contributed by atoms with Crippen molar-refractivity contribution in [2.75, 3.05) is 6.54 Å². The van der Waals surface area contributed by atoms with Gasteiger partial charge in [0.2, 0.25) is 5.91 Å². The van der Waals surface area contributed by atoms with E-state index in [2.05, 4.69) is 10.1 Å². The van der Waals surface area contributed by atoms with Crippen molar-refractivity contribution in [2.45, 2.75) is 45.0 Å². The van der Waals surface area contributed by atoms with Gasteiger partial charge >= 0.3 is 6.18 Å². The van der Waals surface area contributed by atoms with Crippen molar-refractivity contribution in [1.82, 2.24) is 15.0 Å². The molecule has 3 aromatic rings. The highest BCUT2D eigenvalue weighted by molar-refractivity contribution is 5.79. The molecule has 1 fully saturated rings. The van der Waals surface area contributed by atoms with E-state index in [-0.39, 0.29) is 30.2 Å². The molecule has 4 rings (SSSR count). The van der Waals surface area contributed by atoms with Crippen LogP contribution in [0.1, 0.15) is 43.1 Å². The Morgan fingerprint density at radius 1 is 1.12 bits per heavy atom. The van der Waals surface area contributed by atoms with Gasteiger partial charge in [-0.05, 0) is 55.8 Å². The van der Waals surface area contributed by atoms with Crippen LogP contribution in [0, 0.1) is 0 Å². The van der Waals surface area contributed by atoms with Gasteiger partial charge in [0.15, 0.2) is 5.82 Å². The third kappa shape index (κ3) is 4.92. The molecule has 32 heavy (non-hydrogen) atoms. The normalized spacial score (nSPS) is 16.8. The average Bonchev–Trinajstić information content (AvgIpc) is 3.36. The van der Waals surface area contributed by atoms with Crippen molar-refractivity contribution in [1.29, 1.82) is 0 Å². The summed E-state index contributed by atoms with van der Waals surface area (Å²) in [4.78, 5) is 18.5. The van der Waals surface area contributed by atoms with Crippen LogP contribution in [0.3, 0.4) is 0 Å². The van der Waals surface area contributed by atoms with Crippen molar-refractivity contribution in [3.05, 3.63) is 65.5 Å². The molecule has 2 heterocycles. The van der Waals surface area contributed by atoms with Crippen LogP contribution in [-0.2, 0) is 17.5 Å². The summed E-state index contributed by atoms with van der Waals surface area (Å²) in [5.41, 5.74) is 0.622. The summed E-state index contributed by atoms with van der Waals surface area (Å²) in [6.07, 6.45) is -4.07. The molecule has 0 aliphatic carbocycles. The predicted octanol–water partition coefficient (Wildman–Crippen LogP) is 5.06. The number of hydrogen-bond donors (Lipinski definition) is 0. The standard InChI is InChI=1S/C23H22F3N3O3/c1-14(2)31-19-9-3-15(4-10-19)12-29-13-17(11-20(29)30)21-27-22(32-28-21)16-5-7-18(8-6-16)23(24,25)26/h3-10,14,17H,11-13H2,1-2H3. The fraction of sp³-hybridized carbons (Fsp3) is 0.348. The molecule has 2 aromatic carbocycles. The van der Waals surface area contributed by atoms with Crippen molar-refractivity contribution >= 4 is 5.91 Å². The fourth-order valence-electron chi connectivity index (χ4n) is 3.58. The van der Waals surface area contributed by atoms with Crippen LogP contribution in [0.2, 0.25) is 0 Å². The molecular weight excluding hydrogens is 423 g/mol. The quantitative estimate of drug-likeness (QED) is 0.531. The second-order valence-electron chi connectivity index (χ2n) is 8.02. The lowest BCUT2D eigenvalue weighted by Gasteiger charge is -2.17. The van der Waals surface area contributed by atoms with Crippen LogP contribution in [0.5, 0.6) is 5.75 Å². The number of hydrogen-bond acceptors (Lipinski definition) is 5. The van der Waals surface area contributed by atoms with Gasteiger partial charge in [-0.1, -0.05) is 17.3 Å². The summed E-state index contributed by atoms with van der Waals surface area (Å²) >= 11 is 0. The Hall–Kier alpha value is -3.36. The van der Waals surface area contributed by atoms with Crippen LogP contribution in [0.25, 0.3) is 11.5 Å². The minimum Gasteiger partial charge on any atom is -0.491 e. The SMILES string of the molecule is CC(C)Oc1ccc(CN2CC(c3noc(-c4ccc(C(F)(F)F)cc4)n3)CC2=O)cc1. The summed E-state index contributed by atoms with van der Waals surface area (Å²) in [5.74, 6) is 1.02. The molecular formula is C23H22F3N3O3. The number of benzene rings is 2. The van der Waals surface area contributed by atoms with E-state index in [4.69, 9.17) is 9.26 Å². The minimum absolute atomic E-state index is 0.0154. The molecule has 0 bridgehead atoms. The topological polar surface area (TPSA) is 68.5 Å². The average molecular weight is 445 g/mol. The number of amides is 1. The molecule has 1 aliphatic rings. The number of alkyl halides is 3. The van der Waals surface area contributed by atoms with Gasteiger partial charge in [-0.3, -0.25) is 4.79 Å². The number of ether oxygens (including phenoxy) is 1. The number of rotatable bonds is 6. The second-order valence-corrected chi connectivity index (χ2v) is 8.02. The third-order valence-electron chi connectivity index (χ3n) is 5.15. The minimum atomic E-state index is -4.41. The van der Waals surface area contributed by atoms with Crippen molar-refractivity contribution in [3.63, 3.8) is 0 Å². The molecule has 168 valence electrons. The number of halogens is 3. The predicted molar refractivity (Wildman–Crippen MR) is 110 cm³/mol.